The zero-order valence-electron chi connectivity index (χ0n) is 11.7. The molecule has 1 fully saturated rings. The number of carbonyl (C=O) groups excluding carboxylic acids is 1. The standard InChI is InChI=1S/C14H18Cl2N2O2/c1-8-6-18(7-14(2,3)20-8)13(19)10-4-9(17)5-11(15)12(10)16/h4-5,8H,6-7,17H2,1-3H3. The van der Waals surface area contributed by atoms with E-state index < -0.39 is 0 Å². The summed E-state index contributed by atoms with van der Waals surface area (Å²) in [7, 11) is 0. The van der Waals surface area contributed by atoms with Gasteiger partial charge in [-0.3, -0.25) is 4.79 Å². The minimum atomic E-state index is -0.385. The molecule has 110 valence electrons. The fourth-order valence-electron chi connectivity index (χ4n) is 2.54. The summed E-state index contributed by atoms with van der Waals surface area (Å²) in [6.07, 6.45) is -0.0296. The van der Waals surface area contributed by atoms with Gasteiger partial charge >= 0.3 is 0 Å². The lowest BCUT2D eigenvalue weighted by molar-refractivity contribution is -0.118. The quantitative estimate of drug-likeness (QED) is 0.809. The Labute approximate surface area is 128 Å². The summed E-state index contributed by atoms with van der Waals surface area (Å²) in [6, 6.07) is 3.09. The highest BCUT2D eigenvalue weighted by molar-refractivity contribution is 6.44. The van der Waals surface area contributed by atoms with Crippen LogP contribution in [-0.2, 0) is 4.74 Å². The van der Waals surface area contributed by atoms with Crippen molar-refractivity contribution in [1.29, 1.82) is 0 Å². The number of nitrogens with two attached hydrogens (primary N) is 1. The van der Waals surface area contributed by atoms with Crippen LogP contribution in [0.1, 0.15) is 31.1 Å². The Morgan fingerprint density at radius 1 is 1.45 bits per heavy atom. The number of nitrogens with zero attached hydrogens (tertiary/aromatic N) is 1. The van der Waals surface area contributed by atoms with Gasteiger partial charge in [-0.05, 0) is 32.9 Å². The second-order valence-corrected chi connectivity index (χ2v) is 6.52. The molecule has 1 amide bonds. The Morgan fingerprint density at radius 3 is 2.70 bits per heavy atom. The monoisotopic (exact) mass is 316 g/mol. The molecule has 2 N–H and O–H groups in total. The van der Waals surface area contributed by atoms with E-state index in [0.29, 0.717) is 24.3 Å². The minimum Gasteiger partial charge on any atom is -0.399 e. The average molecular weight is 317 g/mol. The van der Waals surface area contributed by atoms with Crippen molar-refractivity contribution in [3.8, 4) is 0 Å². The summed E-state index contributed by atoms with van der Waals surface area (Å²) in [5.74, 6) is -0.174. The van der Waals surface area contributed by atoms with E-state index in [1.165, 1.54) is 6.07 Å². The van der Waals surface area contributed by atoms with Crippen molar-refractivity contribution in [1.82, 2.24) is 4.90 Å². The van der Waals surface area contributed by atoms with Crippen molar-refractivity contribution in [2.24, 2.45) is 0 Å². The van der Waals surface area contributed by atoms with Gasteiger partial charge < -0.3 is 15.4 Å². The molecule has 20 heavy (non-hydrogen) atoms. The number of ether oxygens (including phenoxy) is 1. The van der Waals surface area contributed by atoms with Crippen LogP contribution in [0.5, 0.6) is 0 Å². The van der Waals surface area contributed by atoms with Crippen LogP contribution < -0.4 is 5.73 Å². The fraction of sp³-hybridized carbons (Fsp3) is 0.500. The summed E-state index contributed by atoms with van der Waals surface area (Å²) >= 11 is 12.1. The van der Waals surface area contributed by atoms with Gasteiger partial charge in [-0.15, -0.1) is 0 Å². The first kappa shape index (κ1) is 15.4. The molecule has 1 aromatic carbocycles. The van der Waals surface area contributed by atoms with E-state index in [-0.39, 0.29) is 27.7 Å². The number of halogens is 2. The number of hydrogen-bond acceptors (Lipinski definition) is 3. The van der Waals surface area contributed by atoms with Gasteiger partial charge in [0.05, 0.1) is 27.3 Å². The Kier molecular flexibility index (Phi) is 4.19. The molecule has 2 rings (SSSR count). The van der Waals surface area contributed by atoms with E-state index >= 15 is 0 Å². The van der Waals surface area contributed by atoms with E-state index in [1.807, 2.05) is 20.8 Å². The molecule has 1 aliphatic rings. The molecule has 1 aliphatic heterocycles. The predicted molar refractivity (Wildman–Crippen MR) is 81.4 cm³/mol. The summed E-state index contributed by atoms with van der Waals surface area (Å²) in [5.41, 5.74) is 6.11. The zero-order valence-corrected chi connectivity index (χ0v) is 13.3. The van der Waals surface area contributed by atoms with Gasteiger partial charge in [0, 0.05) is 18.8 Å². The van der Waals surface area contributed by atoms with Crippen molar-refractivity contribution in [3.63, 3.8) is 0 Å². The first-order valence-electron chi connectivity index (χ1n) is 6.41. The fourth-order valence-corrected chi connectivity index (χ4v) is 2.96. The molecular weight excluding hydrogens is 299 g/mol. The molecule has 1 aromatic rings. The number of anilines is 1. The smallest absolute Gasteiger partial charge is 0.255 e. The highest BCUT2D eigenvalue weighted by Crippen LogP contribution is 2.31. The van der Waals surface area contributed by atoms with Gasteiger partial charge in [0.2, 0.25) is 0 Å². The van der Waals surface area contributed by atoms with E-state index in [2.05, 4.69) is 0 Å². The Morgan fingerprint density at radius 2 is 2.10 bits per heavy atom. The SMILES string of the molecule is CC1CN(C(=O)c2cc(N)cc(Cl)c2Cl)CC(C)(C)O1. The summed E-state index contributed by atoms with van der Waals surface area (Å²) in [5, 5.41) is 0.526. The number of carbonyl (C=O) groups is 1. The third kappa shape index (κ3) is 3.19. The molecule has 1 saturated heterocycles. The van der Waals surface area contributed by atoms with Gasteiger partial charge in [0.1, 0.15) is 0 Å². The van der Waals surface area contributed by atoms with E-state index in [9.17, 15) is 4.79 Å². The third-order valence-electron chi connectivity index (χ3n) is 3.14. The first-order valence-corrected chi connectivity index (χ1v) is 7.17. The molecule has 1 atom stereocenters. The van der Waals surface area contributed by atoms with Gasteiger partial charge in [0.15, 0.2) is 0 Å². The van der Waals surface area contributed by atoms with E-state index in [4.69, 9.17) is 33.7 Å². The number of amides is 1. The van der Waals surface area contributed by atoms with Gasteiger partial charge in [0.25, 0.3) is 5.91 Å². The van der Waals surface area contributed by atoms with Crippen LogP contribution in [0, 0.1) is 0 Å². The summed E-state index contributed by atoms with van der Waals surface area (Å²) in [6.45, 7) is 6.87. The molecule has 1 heterocycles. The third-order valence-corrected chi connectivity index (χ3v) is 3.94. The maximum absolute atomic E-state index is 12.6. The number of hydrogen-bond donors (Lipinski definition) is 1. The maximum Gasteiger partial charge on any atom is 0.255 e. The molecule has 6 heteroatoms. The lowest BCUT2D eigenvalue weighted by atomic mass is 10.0. The van der Waals surface area contributed by atoms with Crippen LogP contribution in [0.25, 0.3) is 0 Å². The van der Waals surface area contributed by atoms with Crippen molar-refractivity contribution in [2.75, 3.05) is 18.8 Å². The van der Waals surface area contributed by atoms with Gasteiger partial charge in [-0.25, -0.2) is 0 Å². The predicted octanol–water partition coefficient (Wildman–Crippen LogP) is 3.22. The maximum atomic E-state index is 12.6. The topological polar surface area (TPSA) is 55.6 Å². The Bertz CT molecular complexity index is 546. The molecule has 0 spiro atoms. The number of benzene rings is 1. The van der Waals surface area contributed by atoms with Crippen molar-refractivity contribution in [2.45, 2.75) is 32.5 Å². The zero-order chi connectivity index (χ0) is 15.1. The normalized spacial score (nSPS) is 21.9. The van der Waals surface area contributed by atoms with Crippen LogP contribution in [-0.4, -0.2) is 35.6 Å². The van der Waals surface area contributed by atoms with Gasteiger partial charge in [-0.2, -0.15) is 0 Å². The molecule has 0 bridgehead atoms. The highest BCUT2D eigenvalue weighted by atomic mass is 35.5. The van der Waals surface area contributed by atoms with Crippen molar-refractivity contribution >= 4 is 34.8 Å². The van der Waals surface area contributed by atoms with Crippen LogP contribution in [0.3, 0.4) is 0 Å². The van der Waals surface area contributed by atoms with E-state index in [0.717, 1.165) is 0 Å². The van der Waals surface area contributed by atoms with Crippen molar-refractivity contribution < 1.29 is 9.53 Å². The second-order valence-electron chi connectivity index (χ2n) is 5.74. The highest BCUT2D eigenvalue weighted by Gasteiger charge is 2.34. The van der Waals surface area contributed by atoms with Gasteiger partial charge in [-0.1, -0.05) is 23.2 Å². The van der Waals surface area contributed by atoms with Crippen molar-refractivity contribution in [3.05, 3.63) is 27.7 Å². The molecule has 0 aliphatic carbocycles. The van der Waals surface area contributed by atoms with Crippen LogP contribution in [0.4, 0.5) is 5.69 Å². The van der Waals surface area contributed by atoms with Crippen LogP contribution >= 0.6 is 23.2 Å². The minimum absolute atomic E-state index is 0.0296. The first-order chi connectivity index (χ1) is 9.19. The molecule has 0 saturated carbocycles. The van der Waals surface area contributed by atoms with Crippen LogP contribution in [0.15, 0.2) is 12.1 Å². The number of morpholine rings is 1. The molecular formula is C14H18Cl2N2O2. The largest absolute Gasteiger partial charge is 0.399 e. The molecule has 1 unspecified atom stereocenters. The lowest BCUT2D eigenvalue weighted by Crippen LogP contribution is -2.53. The summed E-state index contributed by atoms with van der Waals surface area (Å²) < 4.78 is 5.79. The lowest BCUT2D eigenvalue weighted by Gasteiger charge is -2.41. The molecule has 0 aromatic heterocycles. The number of rotatable bonds is 1. The number of nitrogen functional groups attached to an aromatic ring is 1. The second kappa shape index (κ2) is 5.43. The van der Waals surface area contributed by atoms with E-state index in [1.54, 1.807) is 11.0 Å². The van der Waals surface area contributed by atoms with Crippen LogP contribution in [0.2, 0.25) is 10.0 Å². The Hall–Kier alpha value is -0.970. The molecule has 4 nitrogen and oxygen atoms in total. The average Bonchev–Trinajstić information content (AvgIpc) is 2.30. The molecule has 0 radical (unpaired) electrons. The Balaban J connectivity index is 2.32. The summed E-state index contributed by atoms with van der Waals surface area (Å²) in [4.78, 5) is 14.4.